The van der Waals surface area contributed by atoms with E-state index in [9.17, 15) is 9.18 Å². The zero-order chi connectivity index (χ0) is 16.8. The zero-order valence-corrected chi connectivity index (χ0v) is 12.8. The van der Waals surface area contributed by atoms with Crippen LogP contribution in [-0.4, -0.2) is 28.8 Å². The van der Waals surface area contributed by atoms with Crippen LogP contribution >= 0.6 is 0 Å². The van der Waals surface area contributed by atoms with Crippen molar-refractivity contribution in [3.63, 3.8) is 0 Å². The lowest BCUT2D eigenvalue weighted by Gasteiger charge is -2.08. The van der Waals surface area contributed by atoms with Gasteiger partial charge in [0.05, 0.1) is 24.6 Å². The third-order valence-electron chi connectivity index (χ3n) is 3.30. The van der Waals surface area contributed by atoms with Crippen molar-refractivity contribution < 1.29 is 18.3 Å². The summed E-state index contributed by atoms with van der Waals surface area (Å²) in [5, 5.41) is 6.89. The van der Waals surface area contributed by atoms with Gasteiger partial charge in [0, 0.05) is 12.7 Å². The maximum atomic E-state index is 13.4. The molecule has 0 aliphatic rings. The van der Waals surface area contributed by atoms with Crippen molar-refractivity contribution in [2.24, 2.45) is 0 Å². The van der Waals surface area contributed by atoms with Gasteiger partial charge in [0.25, 0.3) is 5.91 Å². The fourth-order valence-corrected chi connectivity index (χ4v) is 2.12. The zero-order valence-electron chi connectivity index (χ0n) is 12.8. The fraction of sp³-hybridized carbons (Fsp3) is 0.176. The average molecular weight is 329 g/mol. The molecule has 0 aliphatic carbocycles. The number of nitrogens with one attached hydrogen (secondary N) is 1. The minimum atomic E-state index is -0.493. The molecule has 1 aromatic carbocycles. The number of carbonyl (C=O) groups excluding carboxylic acids is 1. The maximum absolute atomic E-state index is 13.4. The molecule has 2 heterocycles. The summed E-state index contributed by atoms with van der Waals surface area (Å²) in [4.78, 5) is 11.7. The Kier molecular flexibility index (Phi) is 4.90. The molecule has 2 aromatic heterocycles. The van der Waals surface area contributed by atoms with Crippen LogP contribution in [0.2, 0.25) is 0 Å². The molecule has 0 atom stereocenters. The van der Waals surface area contributed by atoms with Crippen molar-refractivity contribution in [1.29, 1.82) is 0 Å². The number of ether oxygens (including phenoxy) is 1. The summed E-state index contributed by atoms with van der Waals surface area (Å²) in [5.74, 6) is -0.0182. The van der Waals surface area contributed by atoms with Crippen molar-refractivity contribution >= 4 is 5.91 Å². The summed E-state index contributed by atoms with van der Waals surface area (Å²) in [7, 11) is 0. The quantitative estimate of drug-likeness (QED) is 0.723. The van der Waals surface area contributed by atoms with Gasteiger partial charge in [-0.2, -0.15) is 5.10 Å². The molecule has 0 saturated heterocycles. The van der Waals surface area contributed by atoms with Crippen LogP contribution in [0, 0.1) is 5.82 Å². The van der Waals surface area contributed by atoms with Crippen molar-refractivity contribution in [2.75, 3.05) is 13.2 Å². The Bertz CT molecular complexity index is 799. The van der Waals surface area contributed by atoms with Crippen LogP contribution in [0.5, 0.6) is 5.75 Å². The molecule has 1 amide bonds. The number of para-hydroxylation sites is 1. The van der Waals surface area contributed by atoms with Crippen LogP contribution in [0.3, 0.4) is 0 Å². The third kappa shape index (κ3) is 4.01. The van der Waals surface area contributed by atoms with Crippen LogP contribution in [0.15, 0.2) is 59.5 Å². The molecule has 0 saturated carbocycles. The van der Waals surface area contributed by atoms with E-state index in [0.29, 0.717) is 13.1 Å². The summed E-state index contributed by atoms with van der Waals surface area (Å²) < 4.78 is 25.5. The van der Waals surface area contributed by atoms with Gasteiger partial charge in [0.1, 0.15) is 5.76 Å². The number of hydrogen-bond acceptors (Lipinski definition) is 4. The van der Waals surface area contributed by atoms with Gasteiger partial charge in [-0.1, -0.05) is 12.1 Å². The van der Waals surface area contributed by atoms with E-state index < -0.39 is 5.82 Å². The van der Waals surface area contributed by atoms with Gasteiger partial charge < -0.3 is 14.5 Å². The van der Waals surface area contributed by atoms with E-state index in [2.05, 4.69) is 10.4 Å². The van der Waals surface area contributed by atoms with Crippen molar-refractivity contribution in [3.05, 3.63) is 60.9 Å². The Balaban J connectivity index is 1.41. The molecule has 3 rings (SSSR count). The summed E-state index contributed by atoms with van der Waals surface area (Å²) >= 11 is 0. The molecule has 0 bridgehead atoms. The molecule has 7 heteroatoms. The van der Waals surface area contributed by atoms with Gasteiger partial charge in [-0.05, 0) is 24.3 Å². The number of nitrogens with zero attached hydrogens (tertiary/aromatic N) is 2. The first-order valence-electron chi connectivity index (χ1n) is 7.43. The molecule has 0 aliphatic heterocycles. The van der Waals surface area contributed by atoms with Crippen molar-refractivity contribution in [2.45, 2.75) is 6.54 Å². The first-order chi connectivity index (χ1) is 11.7. The number of furan rings is 1. The predicted octanol–water partition coefficient (Wildman–Crippen LogP) is 2.48. The van der Waals surface area contributed by atoms with Crippen LogP contribution in [0.1, 0.15) is 0 Å². The van der Waals surface area contributed by atoms with Crippen LogP contribution in [0.4, 0.5) is 4.39 Å². The van der Waals surface area contributed by atoms with E-state index in [4.69, 9.17) is 9.15 Å². The predicted molar refractivity (Wildman–Crippen MR) is 84.8 cm³/mol. The van der Waals surface area contributed by atoms with E-state index in [1.54, 1.807) is 29.3 Å². The number of aromatic nitrogens is 2. The van der Waals surface area contributed by atoms with Gasteiger partial charge in [-0.3, -0.25) is 9.48 Å². The molecule has 24 heavy (non-hydrogen) atoms. The van der Waals surface area contributed by atoms with Gasteiger partial charge in [0.15, 0.2) is 18.2 Å². The molecular weight excluding hydrogens is 313 g/mol. The third-order valence-corrected chi connectivity index (χ3v) is 3.30. The summed E-state index contributed by atoms with van der Waals surface area (Å²) in [6.45, 7) is 0.655. The number of halogens is 1. The molecule has 0 fully saturated rings. The first kappa shape index (κ1) is 15.8. The van der Waals surface area contributed by atoms with E-state index in [0.717, 1.165) is 11.3 Å². The highest BCUT2D eigenvalue weighted by Crippen LogP contribution is 2.18. The van der Waals surface area contributed by atoms with Gasteiger partial charge in [-0.25, -0.2) is 4.39 Å². The molecule has 1 N–H and O–H groups in total. The summed E-state index contributed by atoms with van der Waals surface area (Å²) in [5.41, 5.74) is 0.870. The SMILES string of the molecule is O=C(COc1ccccc1F)NCCn1cc(-c2ccco2)cn1. The van der Waals surface area contributed by atoms with Gasteiger partial charge in [0.2, 0.25) is 0 Å². The van der Waals surface area contributed by atoms with Gasteiger partial charge >= 0.3 is 0 Å². The van der Waals surface area contributed by atoms with Crippen molar-refractivity contribution in [3.8, 4) is 17.1 Å². The Labute approximate surface area is 137 Å². The molecule has 3 aromatic rings. The van der Waals surface area contributed by atoms with E-state index in [-0.39, 0.29) is 18.3 Å². The average Bonchev–Trinajstić information content (AvgIpc) is 3.25. The minimum Gasteiger partial charge on any atom is -0.481 e. The Morgan fingerprint density at radius 3 is 2.96 bits per heavy atom. The lowest BCUT2D eigenvalue weighted by atomic mass is 10.3. The summed E-state index contributed by atoms with van der Waals surface area (Å²) in [6.07, 6.45) is 5.13. The monoisotopic (exact) mass is 329 g/mol. The molecule has 0 unspecified atom stereocenters. The van der Waals surface area contributed by atoms with E-state index in [1.165, 1.54) is 12.1 Å². The number of benzene rings is 1. The van der Waals surface area contributed by atoms with Crippen LogP contribution in [0.25, 0.3) is 11.3 Å². The molecule has 124 valence electrons. The number of carbonyl (C=O) groups is 1. The second-order valence-electron chi connectivity index (χ2n) is 5.04. The molecule has 0 spiro atoms. The topological polar surface area (TPSA) is 69.3 Å². The van der Waals surface area contributed by atoms with Gasteiger partial charge in [-0.15, -0.1) is 0 Å². The smallest absolute Gasteiger partial charge is 0.258 e. The number of rotatable bonds is 7. The number of amides is 1. The Hall–Kier alpha value is -3.09. The normalized spacial score (nSPS) is 10.5. The van der Waals surface area contributed by atoms with E-state index in [1.807, 2.05) is 18.3 Å². The lowest BCUT2D eigenvalue weighted by Crippen LogP contribution is -2.31. The van der Waals surface area contributed by atoms with Crippen molar-refractivity contribution in [1.82, 2.24) is 15.1 Å². The highest BCUT2D eigenvalue weighted by molar-refractivity contribution is 5.77. The molecule has 0 radical (unpaired) electrons. The largest absolute Gasteiger partial charge is 0.481 e. The first-order valence-corrected chi connectivity index (χ1v) is 7.43. The molecule has 6 nitrogen and oxygen atoms in total. The highest BCUT2D eigenvalue weighted by atomic mass is 19.1. The Morgan fingerprint density at radius 2 is 2.17 bits per heavy atom. The Morgan fingerprint density at radius 1 is 1.29 bits per heavy atom. The van der Waals surface area contributed by atoms with E-state index >= 15 is 0 Å². The minimum absolute atomic E-state index is 0.0582. The van der Waals surface area contributed by atoms with Crippen LogP contribution < -0.4 is 10.1 Å². The fourth-order valence-electron chi connectivity index (χ4n) is 2.12. The molecular formula is C17H16FN3O3. The standard InChI is InChI=1S/C17H16FN3O3/c18-14-4-1-2-5-16(14)24-12-17(22)19-7-8-21-11-13(10-20-21)15-6-3-9-23-15/h1-6,9-11H,7-8,12H2,(H,19,22). The second-order valence-corrected chi connectivity index (χ2v) is 5.04. The lowest BCUT2D eigenvalue weighted by molar-refractivity contribution is -0.123. The highest BCUT2D eigenvalue weighted by Gasteiger charge is 2.07. The summed E-state index contributed by atoms with van der Waals surface area (Å²) in [6, 6.07) is 9.61. The van der Waals surface area contributed by atoms with Crippen LogP contribution in [-0.2, 0) is 11.3 Å². The number of hydrogen-bond donors (Lipinski definition) is 1. The maximum Gasteiger partial charge on any atom is 0.258 e. The second kappa shape index (κ2) is 7.45.